The van der Waals surface area contributed by atoms with E-state index in [-0.39, 0.29) is 10.8 Å². The molecule has 11 aromatic rings. The molecule has 3 unspecified atom stereocenters. The highest BCUT2D eigenvalue weighted by molar-refractivity contribution is 5.90. The van der Waals surface area contributed by atoms with E-state index in [4.69, 9.17) is 4.74 Å². The van der Waals surface area contributed by atoms with Crippen LogP contribution in [0.15, 0.2) is 255 Å². The summed E-state index contributed by atoms with van der Waals surface area (Å²) in [6.45, 7) is 16.3. The van der Waals surface area contributed by atoms with Crippen molar-refractivity contribution in [3.05, 3.63) is 316 Å². The van der Waals surface area contributed by atoms with Crippen LogP contribution in [0.25, 0.3) is 44.5 Å². The zero-order valence-corrected chi connectivity index (χ0v) is 49.6. The number of anilines is 3. The lowest BCUT2D eigenvalue weighted by Gasteiger charge is -2.34. The topological polar surface area (TPSA) is 12.5 Å². The van der Waals surface area contributed by atoms with Crippen LogP contribution in [0.4, 0.5) is 17.1 Å². The third-order valence-electron chi connectivity index (χ3n) is 19.2. The molecule has 0 heterocycles. The number of hydrogen-bond donors (Lipinski definition) is 0. The Balaban J connectivity index is 0.808. The SMILES string of the molecule is CCC(CC(C)c1ccc(Oc2ccc(C3(c4ccc(C(C)(C)C)cc4)c4ccccc4-c4ccc(-c5ccc(N(c6ccc(-c7ccccc7)cc6)c6ccc7c(c6)C(C)(C)c6ccccc6-7)cc5)cc43)cc2)cc1)c1ccc2c(c1)CC2. The van der Waals surface area contributed by atoms with Crippen molar-refractivity contribution in [2.75, 3.05) is 4.90 Å². The van der Waals surface area contributed by atoms with Gasteiger partial charge in [-0.25, -0.2) is 0 Å². The third-order valence-corrected chi connectivity index (χ3v) is 19.2. The minimum Gasteiger partial charge on any atom is -0.457 e. The number of nitrogens with zero attached hydrogens (tertiary/aromatic N) is 1. The van der Waals surface area contributed by atoms with Crippen LogP contribution in [0.1, 0.15) is 134 Å². The molecule has 0 aromatic heterocycles. The van der Waals surface area contributed by atoms with Gasteiger partial charge in [0.1, 0.15) is 11.5 Å². The molecule has 2 heteroatoms. The van der Waals surface area contributed by atoms with Gasteiger partial charge in [-0.1, -0.05) is 237 Å². The summed E-state index contributed by atoms with van der Waals surface area (Å²) in [4.78, 5) is 2.42. The molecule has 3 aliphatic carbocycles. The molecule has 14 rings (SSSR count). The van der Waals surface area contributed by atoms with Gasteiger partial charge < -0.3 is 9.64 Å². The molecule has 0 fully saturated rings. The van der Waals surface area contributed by atoms with E-state index in [0.717, 1.165) is 47.0 Å². The maximum atomic E-state index is 6.69. The molecule has 0 bridgehead atoms. The van der Waals surface area contributed by atoms with Gasteiger partial charge in [-0.05, 0) is 215 Å². The van der Waals surface area contributed by atoms with Crippen molar-refractivity contribution in [1.29, 1.82) is 0 Å². The number of aryl methyl sites for hydroxylation is 2. The Bertz CT molecular complexity index is 4220. The molecular formula is C82H73NO. The molecule has 0 amide bonds. The molecule has 0 radical (unpaired) electrons. The number of rotatable bonds is 14. The number of fused-ring (bicyclic) bond motifs is 7. The number of benzene rings is 11. The first-order valence-corrected chi connectivity index (χ1v) is 30.5. The molecule has 11 aromatic carbocycles. The predicted octanol–water partition coefficient (Wildman–Crippen LogP) is 22.0. The third kappa shape index (κ3) is 9.19. The Morgan fingerprint density at radius 3 is 1.55 bits per heavy atom. The zero-order valence-electron chi connectivity index (χ0n) is 49.6. The maximum Gasteiger partial charge on any atom is 0.127 e. The fourth-order valence-corrected chi connectivity index (χ4v) is 14.3. The van der Waals surface area contributed by atoms with Crippen LogP contribution in [0.2, 0.25) is 0 Å². The minimum atomic E-state index is -0.602. The second kappa shape index (κ2) is 21.0. The van der Waals surface area contributed by atoms with Crippen molar-refractivity contribution in [2.45, 2.75) is 102 Å². The molecule has 0 saturated carbocycles. The van der Waals surface area contributed by atoms with Gasteiger partial charge in [0, 0.05) is 22.5 Å². The van der Waals surface area contributed by atoms with Gasteiger partial charge in [0.15, 0.2) is 0 Å². The highest BCUT2D eigenvalue weighted by atomic mass is 16.5. The quantitative estimate of drug-likeness (QED) is 0.108. The Labute approximate surface area is 498 Å². The van der Waals surface area contributed by atoms with Gasteiger partial charge >= 0.3 is 0 Å². The Hall–Kier alpha value is -8.98. The van der Waals surface area contributed by atoms with Gasteiger partial charge in [0.25, 0.3) is 0 Å². The lowest BCUT2D eigenvalue weighted by atomic mass is 9.67. The van der Waals surface area contributed by atoms with Crippen LogP contribution in [-0.4, -0.2) is 0 Å². The van der Waals surface area contributed by atoms with E-state index in [0.29, 0.717) is 11.8 Å². The average Bonchev–Trinajstić information content (AvgIpc) is 1.80. The van der Waals surface area contributed by atoms with Gasteiger partial charge in [0.2, 0.25) is 0 Å². The van der Waals surface area contributed by atoms with Crippen molar-refractivity contribution in [3.8, 4) is 56.0 Å². The van der Waals surface area contributed by atoms with E-state index >= 15 is 0 Å². The van der Waals surface area contributed by atoms with Crippen LogP contribution in [0.5, 0.6) is 11.5 Å². The summed E-state index contributed by atoms with van der Waals surface area (Å²) in [5.74, 6) is 2.66. The van der Waals surface area contributed by atoms with Crippen LogP contribution in [0.3, 0.4) is 0 Å². The standard InChI is InChI=1S/C82H73NO/c1-8-55(61-24-22-59-23-25-62(59)51-61)50-54(2)56-30-44-70(45-31-56)84-71-46-37-66(38-47-71)82(65-35-33-64(34-36-65)80(3,4)5)77-21-15-13-19-73(77)75-48-32-63(52-79(75)82)60-28-41-68(42-29-60)83(67-39-26-58(27-40-67)57-16-10-9-11-17-57)69-43-49-74-72-18-12-14-20-76(72)81(6,7)78(74)53-69/h9-22,24,26-49,51-55H,8,23,25,50H2,1-7H3. The molecule has 84 heavy (non-hydrogen) atoms. The summed E-state index contributed by atoms with van der Waals surface area (Å²) in [6.07, 6.45) is 4.74. The average molecular weight is 1090 g/mol. The first kappa shape index (κ1) is 53.1. The van der Waals surface area contributed by atoms with Crippen molar-refractivity contribution < 1.29 is 4.74 Å². The Kier molecular flexibility index (Phi) is 13.3. The molecular weight excluding hydrogens is 1010 g/mol. The second-order valence-corrected chi connectivity index (χ2v) is 25.5. The van der Waals surface area contributed by atoms with E-state index in [1.165, 1.54) is 107 Å². The van der Waals surface area contributed by atoms with Crippen LogP contribution < -0.4 is 9.64 Å². The lowest BCUT2D eigenvalue weighted by molar-refractivity contribution is 0.481. The van der Waals surface area contributed by atoms with Gasteiger partial charge in [0.05, 0.1) is 5.41 Å². The summed E-state index contributed by atoms with van der Waals surface area (Å²) in [5, 5.41) is 0. The Morgan fingerprint density at radius 1 is 0.429 bits per heavy atom. The maximum absolute atomic E-state index is 6.69. The molecule has 0 saturated heterocycles. The van der Waals surface area contributed by atoms with E-state index < -0.39 is 5.41 Å². The summed E-state index contributed by atoms with van der Waals surface area (Å²) >= 11 is 0. The summed E-state index contributed by atoms with van der Waals surface area (Å²) < 4.78 is 6.69. The minimum absolute atomic E-state index is 0.0104. The van der Waals surface area contributed by atoms with E-state index in [1.807, 2.05) is 0 Å². The van der Waals surface area contributed by atoms with Crippen LogP contribution in [0, 0.1) is 0 Å². The molecule has 3 aliphatic rings. The largest absolute Gasteiger partial charge is 0.457 e. The smallest absolute Gasteiger partial charge is 0.127 e. The highest BCUT2D eigenvalue weighted by Crippen LogP contribution is 2.58. The van der Waals surface area contributed by atoms with E-state index in [9.17, 15) is 0 Å². The second-order valence-electron chi connectivity index (χ2n) is 25.5. The monoisotopic (exact) mass is 1090 g/mol. The van der Waals surface area contributed by atoms with E-state index in [2.05, 4.69) is 308 Å². The summed E-state index contributed by atoms with van der Waals surface area (Å²) in [7, 11) is 0. The van der Waals surface area contributed by atoms with Gasteiger partial charge in [-0.3, -0.25) is 0 Å². The fraction of sp³-hybridized carbons (Fsp3) is 0.195. The van der Waals surface area contributed by atoms with Crippen molar-refractivity contribution in [2.24, 2.45) is 0 Å². The zero-order chi connectivity index (χ0) is 57.3. The van der Waals surface area contributed by atoms with Gasteiger partial charge in [-0.2, -0.15) is 0 Å². The molecule has 0 spiro atoms. The first-order chi connectivity index (χ1) is 40.8. The predicted molar refractivity (Wildman–Crippen MR) is 352 cm³/mol. The molecule has 3 atom stereocenters. The van der Waals surface area contributed by atoms with Crippen molar-refractivity contribution >= 4 is 17.1 Å². The molecule has 412 valence electrons. The van der Waals surface area contributed by atoms with Gasteiger partial charge in [-0.15, -0.1) is 0 Å². The molecule has 0 aliphatic heterocycles. The first-order valence-electron chi connectivity index (χ1n) is 30.5. The Morgan fingerprint density at radius 2 is 0.929 bits per heavy atom. The summed E-state index contributed by atoms with van der Waals surface area (Å²) in [6, 6.07) is 95.6. The van der Waals surface area contributed by atoms with Crippen molar-refractivity contribution in [1.82, 2.24) is 0 Å². The number of ether oxygens (including phenoxy) is 1. The van der Waals surface area contributed by atoms with Crippen molar-refractivity contribution in [3.63, 3.8) is 0 Å². The molecule has 0 N–H and O–H groups in total. The van der Waals surface area contributed by atoms with Crippen LogP contribution in [-0.2, 0) is 29.1 Å². The molecule has 2 nitrogen and oxygen atoms in total. The lowest BCUT2D eigenvalue weighted by Crippen LogP contribution is -2.29. The number of hydrogen-bond acceptors (Lipinski definition) is 2. The van der Waals surface area contributed by atoms with Crippen LogP contribution >= 0.6 is 0 Å². The van der Waals surface area contributed by atoms with E-state index in [1.54, 1.807) is 5.56 Å². The fourth-order valence-electron chi connectivity index (χ4n) is 14.3. The highest BCUT2D eigenvalue weighted by Gasteiger charge is 2.46. The summed E-state index contributed by atoms with van der Waals surface area (Å²) in [5.41, 5.74) is 27.5. The normalized spacial score (nSPS) is 15.8.